The number of halogens is 4. The van der Waals surface area contributed by atoms with Crippen LogP contribution < -0.4 is 10.2 Å². The number of aryl methyl sites for hydroxylation is 2. The van der Waals surface area contributed by atoms with E-state index in [2.05, 4.69) is 35.3 Å². The first-order valence-electron chi connectivity index (χ1n) is 12.8. The molecule has 0 bridgehead atoms. The number of aromatic amines is 1. The van der Waals surface area contributed by atoms with E-state index < -0.39 is 24.8 Å². The van der Waals surface area contributed by atoms with E-state index in [0.717, 1.165) is 16.4 Å². The molecule has 1 fully saturated rings. The Morgan fingerprint density at radius 2 is 1.77 bits per heavy atom. The Hall–Kier alpha value is -3.39. The number of fused-ring (bicyclic) bond motifs is 1. The van der Waals surface area contributed by atoms with Crippen LogP contribution in [0.2, 0.25) is 0 Å². The monoisotopic (exact) mass is 581 g/mol. The average molecular weight is 582 g/mol. The van der Waals surface area contributed by atoms with Crippen LogP contribution in [0.1, 0.15) is 28.2 Å². The summed E-state index contributed by atoms with van der Waals surface area (Å²) in [6, 6.07) is 9.03. The number of aromatic nitrogens is 6. The summed E-state index contributed by atoms with van der Waals surface area (Å²) in [7, 11) is 1.58. The van der Waals surface area contributed by atoms with Crippen LogP contribution in [-0.2, 0) is 13.5 Å². The Balaban J connectivity index is 0.00000242. The van der Waals surface area contributed by atoms with Gasteiger partial charge in [-0.25, -0.2) is 19.3 Å². The SMILES string of the molecule is Cc1cc(Nc2cc(N3CCN(C(C)(C)CF)CC3)nc(Sc3ccc4nc(CC(F)(F)F)n(C)c4c3)n2)n[nH]1.[HH].[HH]. The average Bonchev–Trinajstić information content (AvgIpc) is 3.44. The van der Waals surface area contributed by atoms with Crippen molar-refractivity contribution >= 4 is 40.2 Å². The zero-order valence-corrected chi connectivity index (χ0v) is 23.5. The molecule has 0 radical (unpaired) electrons. The van der Waals surface area contributed by atoms with Gasteiger partial charge in [-0.05, 0) is 50.7 Å². The maximum absolute atomic E-state index is 13.5. The molecular formula is C26H35F4N9S. The minimum atomic E-state index is -4.34. The standard InChI is InChI=1S/C26H31F4N9S.2H2/c1-16-11-21(36-35-16)32-20-13-22(38-7-9-39(10-8-38)25(2,3)15-27)34-24(33-20)40-17-5-6-18-19(12-17)37(4)23(31-18)14-26(28,29)30;;/h5-6,11-13H,7-10,14-15H2,1-4H3,(H2,32,33,34,35,36);2*1H. The molecule has 0 unspecified atom stereocenters. The van der Waals surface area contributed by atoms with Crippen molar-refractivity contribution < 1.29 is 20.4 Å². The number of piperazine rings is 1. The third-order valence-corrected chi connectivity index (χ3v) is 7.81. The first kappa shape index (κ1) is 28.1. The highest BCUT2D eigenvalue weighted by atomic mass is 32.2. The van der Waals surface area contributed by atoms with E-state index in [0.29, 0.717) is 54.0 Å². The molecule has 0 atom stereocenters. The summed E-state index contributed by atoms with van der Waals surface area (Å²) in [6.45, 7) is 8.03. The molecule has 3 aromatic heterocycles. The topological polar surface area (TPSA) is 90.8 Å². The molecule has 218 valence electrons. The molecule has 4 heterocycles. The normalized spacial score (nSPS) is 15.2. The van der Waals surface area contributed by atoms with E-state index in [-0.39, 0.29) is 8.68 Å². The highest BCUT2D eigenvalue weighted by Crippen LogP contribution is 2.32. The van der Waals surface area contributed by atoms with Crippen LogP contribution >= 0.6 is 11.8 Å². The van der Waals surface area contributed by atoms with E-state index in [4.69, 9.17) is 4.98 Å². The maximum atomic E-state index is 13.5. The van der Waals surface area contributed by atoms with E-state index in [1.54, 1.807) is 25.2 Å². The third kappa shape index (κ3) is 6.33. The largest absolute Gasteiger partial charge is 0.396 e. The van der Waals surface area contributed by atoms with Crippen LogP contribution in [0.3, 0.4) is 0 Å². The van der Waals surface area contributed by atoms with E-state index in [1.807, 2.05) is 32.9 Å². The molecule has 1 saturated heterocycles. The van der Waals surface area contributed by atoms with Crippen LogP contribution in [0.4, 0.5) is 35.0 Å². The zero-order valence-electron chi connectivity index (χ0n) is 22.7. The Kier molecular flexibility index (Phi) is 7.66. The van der Waals surface area contributed by atoms with Gasteiger partial charge < -0.3 is 14.8 Å². The third-order valence-electron chi connectivity index (χ3n) is 6.95. The van der Waals surface area contributed by atoms with Crippen LogP contribution in [0, 0.1) is 6.92 Å². The second-order valence-corrected chi connectivity index (χ2v) is 11.5. The Labute approximate surface area is 236 Å². The van der Waals surface area contributed by atoms with Crippen molar-refractivity contribution in [1.82, 2.24) is 34.6 Å². The number of alkyl halides is 4. The fraction of sp³-hybridized carbons (Fsp3) is 0.462. The molecule has 40 heavy (non-hydrogen) atoms. The molecule has 1 aromatic carbocycles. The fourth-order valence-corrected chi connectivity index (χ4v) is 5.45. The number of nitrogens with zero attached hydrogens (tertiary/aromatic N) is 7. The van der Waals surface area contributed by atoms with Gasteiger partial charge >= 0.3 is 6.18 Å². The summed E-state index contributed by atoms with van der Waals surface area (Å²) in [4.78, 5) is 18.7. The summed E-state index contributed by atoms with van der Waals surface area (Å²) in [5, 5.41) is 10.8. The summed E-state index contributed by atoms with van der Waals surface area (Å²) in [5.74, 6) is 1.85. The molecule has 1 aliphatic rings. The minimum absolute atomic E-state index is 0. The number of hydrogen-bond donors (Lipinski definition) is 2. The lowest BCUT2D eigenvalue weighted by atomic mass is 10.0. The highest BCUT2D eigenvalue weighted by molar-refractivity contribution is 7.99. The molecule has 2 N–H and O–H groups in total. The summed E-state index contributed by atoms with van der Waals surface area (Å²) in [5.41, 5.74) is 1.46. The van der Waals surface area contributed by atoms with Crippen molar-refractivity contribution in [2.24, 2.45) is 7.05 Å². The second kappa shape index (κ2) is 10.9. The van der Waals surface area contributed by atoms with E-state index >= 15 is 0 Å². The van der Waals surface area contributed by atoms with Crippen molar-refractivity contribution in [2.75, 3.05) is 43.1 Å². The van der Waals surface area contributed by atoms with Gasteiger partial charge in [-0.15, -0.1) is 0 Å². The number of H-pyrrole nitrogens is 1. The molecule has 9 nitrogen and oxygen atoms in total. The molecule has 0 saturated carbocycles. The van der Waals surface area contributed by atoms with Crippen molar-refractivity contribution in [3.63, 3.8) is 0 Å². The lowest BCUT2D eigenvalue weighted by Crippen LogP contribution is -2.55. The minimum Gasteiger partial charge on any atom is -0.354 e. The molecule has 0 aliphatic carbocycles. The molecule has 14 heteroatoms. The summed E-state index contributed by atoms with van der Waals surface area (Å²) >= 11 is 1.31. The van der Waals surface area contributed by atoms with Gasteiger partial charge in [-0.1, -0.05) is 0 Å². The highest BCUT2D eigenvalue weighted by Gasteiger charge is 2.31. The van der Waals surface area contributed by atoms with Gasteiger partial charge in [-0.3, -0.25) is 10.00 Å². The van der Waals surface area contributed by atoms with Crippen molar-refractivity contribution in [3.05, 3.63) is 41.9 Å². The van der Waals surface area contributed by atoms with Crippen LogP contribution in [0.5, 0.6) is 0 Å². The number of hydrogen-bond acceptors (Lipinski definition) is 8. The van der Waals surface area contributed by atoms with Crippen LogP contribution in [-0.4, -0.2) is 79.2 Å². The van der Waals surface area contributed by atoms with Crippen molar-refractivity contribution in [2.45, 2.75) is 49.0 Å². The number of anilines is 3. The van der Waals surface area contributed by atoms with Crippen LogP contribution in [0.25, 0.3) is 11.0 Å². The molecule has 0 spiro atoms. The molecular weight excluding hydrogens is 546 g/mol. The smallest absolute Gasteiger partial charge is 0.354 e. The molecule has 5 rings (SSSR count). The van der Waals surface area contributed by atoms with Crippen LogP contribution in [0.15, 0.2) is 40.4 Å². The van der Waals surface area contributed by atoms with Gasteiger partial charge in [0.2, 0.25) is 0 Å². The van der Waals surface area contributed by atoms with Gasteiger partial charge in [0.15, 0.2) is 11.0 Å². The van der Waals surface area contributed by atoms with Gasteiger partial charge in [0.1, 0.15) is 30.6 Å². The van der Waals surface area contributed by atoms with Gasteiger partial charge in [0, 0.05) is 64.3 Å². The number of nitrogens with one attached hydrogen (secondary N) is 2. The Morgan fingerprint density at radius 3 is 2.42 bits per heavy atom. The Bertz CT molecular complexity index is 1500. The van der Waals surface area contributed by atoms with E-state index in [1.165, 1.54) is 16.3 Å². The predicted octanol–water partition coefficient (Wildman–Crippen LogP) is 5.76. The quantitative estimate of drug-likeness (QED) is 0.201. The van der Waals surface area contributed by atoms with Gasteiger partial charge in [-0.2, -0.15) is 18.3 Å². The van der Waals surface area contributed by atoms with E-state index in [9.17, 15) is 17.6 Å². The van der Waals surface area contributed by atoms with Gasteiger partial charge in [0.25, 0.3) is 0 Å². The summed E-state index contributed by atoms with van der Waals surface area (Å²) in [6.07, 6.45) is -5.44. The maximum Gasteiger partial charge on any atom is 0.396 e. The van der Waals surface area contributed by atoms with Crippen molar-refractivity contribution in [3.8, 4) is 0 Å². The first-order valence-corrected chi connectivity index (χ1v) is 13.7. The molecule has 4 aromatic rings. The first-order chi connectivity index (χ1) is 18.9. The lowest BCUT2D eigenvalue weighted by molar-refractivity contribution is -0.128. The number of benzene rings is 1. The fourth-order valence-electron chi connectivity index (χ4n) is 4.65. The Morgan fingerprint density at radius 1 is 1.02 bits per heavy atom. The molecule has 1 aliphatic heterocycles. The number of rotatable bonds is 8. The van der Waals surface area contributed by atoms with Gasteiger partial charge in [0.05, 0.1) is 11.0 Å². The second-order valence-electron chi connectivity index (χ2n) is 10.5. The predicted molar refractivity (Wildman–Crippen MR) is 151 cm³/mol. The lowest BCUT2D eigenvalue weighted by Gasteiger charge is -2.43. The zero-order chi connectivity index (χ0) is 28.7. The van der Waals surface area contributed by atoms with Crippen molar-refractivity contribution in [1.29, 1.82) is 0 Å². The molecule has 0 amide bonds. The summed E-state index contributed by atoms with van der Waals surface area (Å²) < 4.78 is 54.0. The number of imidazole rings is 1.